The van der Waals surface area contributed by atoms with Crippen molar-refractivity contribution in [1.29, 1.82) is 0 Å². The molecule has 1 aromatic heterocycles. The van der Waals surface area contributed by atoms with E-state index in [2.05, 4.69) is 5.10 Å². The maximum atomic E-state index is 12.7. The summed E-state index contributed by atoms with van der Waals surface area (Å²) >= 11 is 0. The van der Waals surface area contributed by atoms with Gasteiger partial charge in [0.25, 0.3) is 5.91 Å². The Morgan fingerprint density at radius 2 is 1.78 bits per heavy atom. The number of rotatable bonds is 5. The van der Waals surface area contributed by atoms with E-state index in [1.165, 1.54) is 31.4 Å². The lowest BCUT2D eigenvalue weighted by atomic mass is 9.52. The molecule has 36 heavy (non-hydrogen) atoms. The highest BCUT2D eigenvalue weighted by molar-refractivity contribution is 6.05. The van der Waals surface area contributed by atoms with Gasteiger partial charge in [0.2, 0.25) is 0 Å². The second kappa shape index (κ2) is 9.59. The molecule has 1 spiro atoms. The lowest BCUT2D eigenvalue weighted by Crippen LogP contribution is -2.45. The zero-order valence-electron chi connectivity index (χ0n) is 20.3. The first kappa shape index (κ1) is 25.7. The van der Waals surface area contributed by atoms with Crippen LogP contribution in [0.5, 0.6) is 0 Å². The first-order valence-electron chi connectivity index (χ1n) is 12.1. The first-order valence-corrected chi connectivity index (χ1v) is 12.1. The summed E-state index contributed by atoms with van der Waals surface area (Å²) < 4.78 is 39.9. The number of primary amides is 1. The van der Waals surface area contributed by atoms with Crippen LogP contribution in [-0.2, 0) is 17.4 Å². The number of nitrogens with two attached hydrogens (primary N) is 1. The van der Waals surface area contributed by atoms with Gasteiger partial charge in [-0.15, -0.1) is 0 Å². The van der Waals surface area contributed by atoms with Crippen LogP contribution in [0.4, 0.5) is 13.2 Å². The van der Waals surface area contributed by atoms with Crippen LogP contribution >= 0.6 is 0 Å². The van der Waals surface area contributed by atoms with E-state index in [-0.39, 0.29) is 17.7 Å². The van der Waals surface area contributed by atoms with Gasteiger partial charge in [0, 0.05) is 11.4 Å². The molecule has 0 radical (unpaired) electrons. The van der Waals surface area contributed by atoms with Crippen molar-refractivity contribution in [2.24, 2.45) is 17.1 Å². The maximum absolute atomic E-state index is 12.7. The molecule has 6 nitrogen and oxygen atoms in total. The molecule has 2 aromatic carbocycles. The van der Waals surface area contributed by atoms with Gasteiger partial charge >= 0.3 is 12.1 Å². The molecule has 192 valence electrons. The van der Waals surface area contributed by atoms with Crippen molar-refractivity contribution < 1.29 is 27.9 Å². The van der Waals surface area contributed by atoms with Crippen LogP contribution in [0.3, 0.4) is 0 Å². The normalized spacial score (nSPS) is 16.8. The average molecular weight is 502 g/mol. The van der Waals surface area contributed by atoms with Crippen LogP contribution in [0.1, 0.15) is 79.2 Å². The number of nitrogens with zero attached hydrogens (tertiary/aromatic N) is 2. The topological polar surface area (TPSA) is 98.2 Å². The van der Waals surface area contributed by atoms with Crippen molar-refractivity contribution in [1.82, 2.24) is 9.78 Å². The fraction of sp³-hybridized carbons (Fsp3) is 0.444. The molecule has 9 heteroatoms. The predicted molar refractivity (Wildman–Crippen MR) is 130 cm³/mol. The largest absolute Gasteiger partial charge is 0.481 e. The minimum Gasteiger partial charge on any atom is -0.481 e. The summed E-state index contributed by atoms with van der Waals surface area (Å²) in [5, 5.41) is 13.6. The predicted octanol–water partition coefficient (Wildman–Crippen LogP) is 5.98. The number of hydrogen-bond acceptors (Lipinski definition) is 3. The van der Waals surface area contributed by atoms with Crippen LogP contribution in [0.2, 0.25) is 0 Å². The van der Waals surface area contributed by atoms with Crippen molar-refractivity contribution in [3.8, 4) is 0 Å². The van der Waals surface area contributed by atoms with Gasteiger partial charge in [0.1, 0.15) is 0 Å². The number of benzene rings is 2. The van der Waals surface area contributed by atoms with Gasteiger partial charge in [-0.3, -0.25) is 14.3 Å². The van der Waals surface area contributed by atoms with Crippen LogP contribution in [-0.4, -0.2) is 26.8 Å². The Bertz CT molecular complexity index is 1270. The molecule has 2 aliphatic rings. The van der Waals surface area contributed by atoms with Crippen molar-refractivity contribution in [3.63, 3.8) is 0 Å². The van der Waals surface area contributed by atoms with Crippen LogP contribution < -0.4 is 5.73 Å². The monoisotopic (exact) mass is 501 g/mol. The molecular formula is C27H30F3N3O3. The molecule has 3 N–H and O–H groups in total. The third-order valence-electron chi connectivity index (χ3n) is 7.34. The van der Waals surface area contributed by atoms with Crippen molar-refractivity contribution in [3.05, 3.63) is 64.8 Å². The van der Waals surface area contributed by atoms with E-state index >= 15 is 0 Å². The number of carboxylic acids is 1. The van der Waals surface area contributed by atoms with Crippen molar-refractivity contribution >= 4 is 22.8 Å². The molecule has 2 aliphatic carbocycles. The third-order valence-corrected chi connectivity index (χ3v) is 7.34. The van der Waals surface area contributed by atoms with Gasteiger partial charge in [-0.1, -0.05) is 30.7 Å². The zero-order chi connectivity index (χ0) is 26.3. The van der Waals surface area contributed by atoms with Gasteiger partial charge < -0.3 is 10.8 Å². The summed E-state index contributed by atoms with van der Waals surface area (Å²) in [5.41, 5.74) is 7.76. The summed E-state index contributed by atoms with van der Waals surface area (Å²) in [6.45, 7) is 3.89. The molecule has 2 saturated carbocycles. The van der Waals surface area contributed by atoms with Gasteiger partial charge in [0.05, 0.1) is 17.0 Å². The molecular weight excluding hydrogens is 471 g/mol. The Hall–Kier alpha value is -3.36. The van der Waals surface area contributed by atoms with Crippen molar-refractivity contribution in [2.75, 3.05) is 0 Å². The fourth-order valence-electron chi connectivity index (χ4n) is 5.25. The summed E-state index contributed by atoms with van der Waals surface area (Å²) in [4.78, 5) is 22.2. The summed E-state index contributed by atoms with van der Waals surface area (Å²) in [5.74, 6) is -1.22. The number of carboxylic acid groups (broad SMARTS) is 1. The minimum atomic E-state index is -4.36. The molecule has 5 rings (SSSR count). The summed E-state index contributed by atoms with van der Waals surface area (Å²) in [7, 11) is 0. The molecule has 2 fully saturated rings. The fourth-order valence-corrected chi connectivity index (χ4v) is 5.25. The number of aromatic nitrogens is 2. The maximum Gasteiger partial charge on any atom is 0.416 e. The Morgan fingerprint density at radius 3 is 2.25 bits per heavy atom. The molecule has 0 bridgehead atoms. The molecule has 1 heterocycles. The Balaban J connectivity index is 0.000000251. The summed E-state index contributed by atoms with van der Waals surface area (Å²) in [6.07, 6.45) is 1.83. The number of carbonyl (C=O) groups excluding carboxylic acids is 1. The van der Waals surface area contributed by atoms with E-state index < -0.39 is 23.6 Å². The highest BCUT2D eigenvalue weighted by atomic mass is 19.4. The zero-order valence-corrected chi connectivity index (χ0v) is 20.3. The number of amides is 1. The molecule has 0 saturated heterocycles. The van der Waals surface area contributed by atoms with E-state index in [4.69, 9.17) is 10.8 Å². The highest BCUT2D eigenvalue weighted by Gasteiger charge is 2.50. The Morgan fingerprint density at radius 1 is 1.14 bits per heavy atom. The number of alkyl halides is 3. The van der Waals surface area contributed by atoms with Crippen molar-refractivity contribution in [2.45, 2.75) is 64.6 Å². The first-order chi connectivity index (χ1) is 16.9. The number of fused-ring (bicyclic) bond motifs is 1. The van der Waals surface area contributed by atoms with E-state index in [1.54, 1.807) is 4.68 Å². The number of halogens is 3. The SMILES string of the molecule is CC(C)n1nc(C(N)=O)c2c(Cc3ccc(C(F)(F)F)cc3)cccc21.O=C(O)C1CC2(CCC2)C1. The number of aliphatic carboxylic acids is 1. The lowest BCUT2D eigenvalue weighted by molar-refractivity contribution is -0.154. The Kier molecular flexibility index (Phi) is 6.86. The van der Waals surface area contributed by atoms with Gasteiger partial charge in [-0.2, -0.15) is 18.3 Å². The van der Waals surface area contributed by atoms with Crippen LogP contribution in [0, 0.1) is 11.3 Å². The highest BCUT2D eigenvalue weighted by Crippen LogP contribution is 2.58. The van der Waals surface area contributed by atoms with Gasteiger partial charge in [-0.25, -0.2) is 0 Å². The molecule has 3 aromatic rings. The van der Waals surface area contributed by atoms with E-state index in [1.807, 2.05) is 32.0 Å². The second-order valence-corrected chi connectivity index (χ2v) is 10.2. The second-order valence-electron chi connectivity index (χ2n) is 10.2. The average Bonchev–Trinajstić information content (AvgIpc) is 3.13. The summed E-state index contributed by atoms with van der Waals surface area (Å²) in [6, 6.07) is 10.6. The Labute approximate surface area is 207 Å². The van der Waals surface area contributed by atoms with Gasteiger partial charge in [-0.05, 0) is 80.7 Å². The standard InChI is InChI=1S/C19H18F3N3O.C8H12O2/c1-11(2)25-15-5-3-4-13(16(15)17(24-25)18(23)26)10-12-6-8-14(9-7-12)19(20,21)22;9-7(10)6-4-8(5-6)2-1-3-8/h3-9,11H,10H2,1-2H3,(H2,23,26);6H,1-5H2,(H,9,10). The smallest absolute Gasteiger partial charge is 0.416 e. The molecule has 0 atom stereocenters. The van der Waals surface area contributed by atoms with Gasteiger partial charge in [0.15, 0.2) is 5.69 Å². The molecule has 0 unspecified atom stereocenters. The molecule has 1 amide bonds. The number of hydrogen-bond donors (Lipinski definition) is 2. The number of carbonyl (C=O) groups is 2. The third kappa shape index (κ3) is 5.10. The van der Waals surface area contributed by atoms with Crippen LogP contribution in [0.25, 0.3) is 10.9 Å². The minimum absolute atomic E-state index is 0.000278. The molecule has 0 aliphatic heterocycles. The lowest BCUT2D eigenvalue weighted by Gasteiger charge is -2.52. The van der Waals surface area contributed by atoms with E-state index in [9.17, 15) is 22.8 Å². The quantitative estimate of drug-likeness (QED) is 0.450. The van der Waals surface area contributed by atoms with E-state index in [0.717, 1.165) is 36.1 Å². The van der Waals surface area contributed by atoms with E-state index in [0.29, 0.717) is 22.8 Å². The van der Waals surface area contributed by atoms with Crippen LogP contribution in [0.15, 0.2) is 42.5 Å².